The zero-order valence-corrected chi connectivity index (χ0v) is 10.1. The van der Waals surface area contributed by atoms with E-state index in [2.05, 4.69) is 31.1 Å². The van der Waals surface area contributed by atoms with Crippen LogP contribution in [0.4, 0.5) is 0 Å². The van der Waals surface area contributed by atoms with E-state index in [9.17, 15) is 0 Å². The Morgan fingerprint density at radius 3 is 2.62 bits per heavy atom. The lowest BCUT2D eigenvalue weighted by Gasteiger charge is -2.05. The van der Waals surface area contributed by atoms with E-state index in [4.69, 9.17) is 5.73 Å². The van der Waals surface area contributed by atoms with E-state index in [1.54, 1.807) is 11.3 Å². The van der Waals surface area contributed by atoms with Gasteiger partial charge in [-0.25, -0.2) is 0 Å². The third-order valence-electron chi connectivity index (χ3n) is 1.45. The maximum atomic E-state index is 5.91. The highest BCUT2D eigenvalue weighted by atomic mass is 32.1. The van der Waals surface area contributed by atoms with Gasteiger partial charge >= 0.3 is 0 Å². The van der Waals surface area contributed by atoms with E-state index < -0.39 is 8.07 Å². The monoisotopic (exact) mass is 209 g/mol. The Labute approximate surface area is 85.0 Å². The number of hydrogen-bond donors (Lipinski definition) is 1. The zero-order valence-electron chi connectivity index (χ0n) is 8.29. The normalized spacial score (nSPS) is 13.2. The van der Waals surface area contributed by atoms with Gasteiger partial charge in [0.2, 0.25) is 0 Å². The van der Waals surface area contributed by atoms with E-state index >= 15 is 0 Å². The molecule has 0 aromatic carbocycles. The number of thiophene rings is 1. The Morgan fingerprint density at radius 1 is 1.46 bits per heavy atom. The molecule has 1 rings (SSSR count). The molecule has 1 heterocycles. The Bertz CT molecular complexity index is 313. The number of hydrogen-bond acceptors (Lipinski definition) is 2. The molecule has 1 atom stereocenters. The molecule has 0 aliphatic heterocycles. The average molecular weight is 209 g/mol. The zero-order chi connectivity index (χ0) is 9.90. The largest absolute Gasteiger partial charge is 0.313 e. The standard InChI is InChI=1S/C10H15NSSi/c1-13(2,3)8-6-9(11)10-5-4-7-12-10/h4-5,7,9H,11H2,1-3H3. The average Bonchev–Trinajstić information content (AvgIpc) is 2.50. The summed E-state index contributed by atoms with van der Waals surface area (Å²) in [6, 6.07) is 3.95. The summed E-state index contributed by atoms with van der Waals surface area (Å²) in [6.45, 7) is 6.67. The van der Waals surface area contributed by atoms with Crippen LogP contribution >= 0.6 is 11.3 Å². The fourth-order valence-electron chi connectivity index (χ4n) is 0.834. The van der Waals surface area contributed by atoms with Crippen molar-refractivity contribution in [3.05, 3.63) is 22.4 Å². The smallest absolute Gasteiger partial charge is 0.129 e. The van der Waals surface area contributed by atoms with Gasteiger partial charge in [-0.2, -0.15) is 0 Å². The molecule has 1 unspecified atom stereocenters. The van der Waals surface area contributed by atoms with Gasteiger partial charge in [-0.15, -0.1) is 16.9 Å². The van der Waals surface area contributed by atoms with Crippen LogP contribution in [0.2, 0.25) is 19.6 Å². The van der Waals surface area contributed by atoms with E-state index in [0.29, 0.717) is 0 Å². The van der Waals surface area contributed by atoms with Crippen molar-refractivity contribution in [3.8, 4) is 11.5 Å². The molecular formula is C10H15NSSi. The third kappa shape index (κ3) is 3.77. The molecule has 0 aliphatic rings. The SMILES string of the molecule is C[Si](C)(C)C#CC(N)c1cccs1. The van der Waals surface area contributed by atoms with Gasteiger partial charge in [0.15, 0.2) is 0 Å². The summed E-state index contributed by atoms with van der Waals surface area (Å²) in [5, 5.41) is 2.03. The predicted molar refractivity (Wildman–Crippen MR) is 62.4 cm³/mol. The van der Waals surface area contributed by atoms with E-state index in [0.717, 1.165) is 4.88 Å². The first-order valence-corrected chi connectivity index (χ1v) is 8.69. The van der Waals surface area contributed by atoms with Crippen molar-refractivity contribution in [2.45, 2.75) is 25.7 Å². The van der Waals surface area contributed by atoms with Crippen LogP contribution in [-0.4, -0.2) is 8.07 Å². The summed E-state index contributed by atoms with van der Waals surface area (Å²) in [7, 11) is -1.27. The Hall–Kier alpha value is -0.563. The first-order chi connectivity index (χ1) is 5.99. The summed E-state index contributed by atoms with van der Waals surface area (Å²) in [6.07, 6.45) is 0. The number of nitrogens with two attached hydrogens (primary N) is 1. The van der Waals surface area contributed by atoms with Crippen LogP contribution in [0, 0.1) is 11.5 Å². The molecule has 0 radical (unpaired) electrons. The molecule has 0 saturated heterocycles. The summed E-state index contributed by atoms with van der Waals surface area (Å²) < 4.78 is 0. The molecule has 0 fully saturated rings. The van der Waals surface area contributed by atoms with Crippen LogP contribution in [0.3, 0.4) is 0 Å². The molecule has 0 spiro atoms. The molecule has 0 amide bonds. The first kappa shape index (κ1) is 10.5. The second kappa shape index (κ2) is 4.10. The minimum absolute atomic E-state index is 0.0910. The molecule has 1 aromatic heterocycles. The highest BCUT2D eigenvalue weighted by Gasteiger charge is 2.09. The molecule has 1 nitrogen and oxygen atoms in total. The molecule has 3 heteroatoms. The van der Waals surface area contributed by atoms with Gasteiger partial charge in [0.25, 0.3) is 0 Å². The van der Waals surface area contributed by atoms with Crippen molar-refractivity contribution in [2.75, 3.05) is 0 Å². The summed E-state index contributed by atoms with van der Waals surface area (Å²) in [5.74, 6) is 3.12. The van der Waals surface area contributed by atoms with Crippen molar-refractivity contribution in [1.29, 1.82) is 0 Å². The molecule has 0 saturated carbocycles. The minimum Gasteiger partial charge on any atom is -0.313 e. The van der Waals surface area contributed by atoms with Crippen molar-refractivity contribution < 1.29 is 0 Å². The van der Waals surface area contributed by atoms with Crippen LogP contribution < -0.4 is 5.73 Å². The molecule has 2 N–H and O–H groups in total. The van der Waals surface area contributed by atoms with Crippen LogP contribution in [0.15, 0.2) is 17.5 Å². The maximum absolute atomic E-state index is 5.91. The highest BCUT2D eigenvalue weighted by molar-refractivity contribution is 7.10. The second-order valence-electron chi connectivity index (χ2n) is 4.01. The lowest BCUT2D eigenvalue weighted by atomic mass is 10.3. The lowest BCUT2D eigenvalue weighted by Crippen LogP contribution is -2.18. The summed E-state index contributed by atoms with van der Waals surface area (Å²) in [4.78, 5) is 1.16. The van der Waals surface area contributed by atoms with Crippen molar-refractivity contribution in [2.24, 2.45) is 5.73 Å². The Morgan fingerprint density at radius 2 is 2.15 bits per heavy atom. The minimum atomic E-state index is -1.27. The van der Waals surface area contributed by atoms with Gasteiger partial charge in [-0.1, -0.05) is 31.6 Å². The van der Waals surface area contributed by atoms with Gasteiger partial charge in [0.05, 0.1) is 0 Å². The lowest BCUT2D eigenvalue weighted by molar-refractivity contribution is 0.973. The van der Waals surface area contributed by atoms with Gasteiger partial charge in [0.1, 0.15) is 14.1 Å². The van der Waals surface area contributed by atoms with Crippen molar-refractivity contribution >= 4 is 19.4 Å². The van der Waals surface area contributed by atoms with Crippen molar-refractivity contribution in [3.63, 3.8) is 0 Å². The quantitative estimate of drug-likeness (QED) is 0.558. The van der Waals surface area contributed by atoms with Crippen LogP contribution in [-0.2, 0) is 0 Å². The highest BCUT2D eigenvalue weighted by Crippen LogP contribution is 2.15. The molecular weight excluding hydrogens is 194 g/mol. The predicted octanol–water partition coefficient (Wildman–Crippen LogP) is 2.63. The van der Waals surface area contributed by atoms with Crippen molar-refractivity contribution in [1.82, 2.24) is 0 Å². The van der Waals surface area contributed by atoms with Gasteiger partial charge in [0, 0.05) is 4.88 Å². The maximum Gasteiger partial charge on any atom is 0.129 e. The fourth-order valence-corrected chi connectivity index (χ4v) is 2.10. The third-order valence-corrected chi connectivity index (χ3v) is 3.30. The fraction of sp³-hybridized carbons (Fsp3) is 0.400. The Balaban J connectivity index is 2.69. The topological polar surface area (TPSA) is 26.0 Å². The van der Waals surface area contributed by atoms with Crippen LogP contribution in [0.1, 0.15) is 10.9 Å². The first-order valence-electron chi connectivity index (χ1n) is 4.31. The van der Waals surface area contributed by atoms with E-state index in [-0.39, 0.29) is 6.04 Å². The molecule has 0 aliphatic carbocycles. The molecule has 0 bridgehead atoms. The van der Waals surface area contributed by atoms with Gasteiger partial charge in [-0.3, -0.25) is 0 Å². The Kier molecular flexibility index (Phi) is 3.31. The summed E-state index contributed by atoms with van der Waals surface area (Å²) in [5.41, 5.74) is 9.19. The molecule has 13 heavy (non-hydrogen) atoms. The van der Waals surface area contributed by atoms with Gasteiger partial charge < -0.3 is 5.73 Å². The van der Waals surface area contributed by atoms with E-state index in [1.807, 2.05) is 17.5 Å². The van der Waals surface area contributed by atoms with Crippen LogP contribution in [0.25, 0.3) is 0 Å². The molecule has 1 aromatic rings. The second-order valence-corrected chi connectivity index (χ2v) is 9.74. The van der Waals surface area contributed by atoms with E-state index in [1.165, 1.54) is 0 Å². The van der Waals surface area contributed by atoms with Gasteiger partial charge in [-0.05, 0) is 11.4 Å². The number of rotatable bonds is 1. The van der Waals surface area contributed by atoms with Crippen LogP contribution in [0.5, 0.6) is 0 Å². The summed E-state index contributed by atoms with van der Waals surface area (Å²) >= 11 is 1.67. The molecule has 70 valence electrons.